The number of thiazole rings is 1. The van der Waals surface area contributed by atoms with Crippen molar-refractivity contribution in [3.05, 3.63) is 110 Å². The molecule has 5 aromatic rings. The second kappa shape index (κ2) is 11.7. The first-order chi connectivity index (χ1) is 21.0. The number of thiophene rings is 1. The molecule has 44 heavy (non-hydrogen) atoms. The Morgan fingerprint density at radius 2 is 1.89 bits per heavy atom. The maximum absolute atomic E-state index is 14.9. The number of nitrogens with zero attached hydrogens (tertiary/aromatic N) is 2. The summed E-state index contributed by atoms with van der Waals surface area (Å²) in [6, 6.07) is 13.6. The van der Waals surface area contributed by atoms with E-state index in [0.29, 0.717) is 17.5 Å². The van der Waals surface area contributed by atoms with Gasteiger partial charge in [0.25, 0.3) is 0 Å². The number of nitrogens with two attached hydrogens (primary N) is 1. The second-order valence-corrected chi connectivity index (χ2v) is 14.3. The highest BCUT2D eigenvalue weighted by molar-refractivity contribution is 7.89. The number of carboxylic acid groups (broad SMARTS) is 1. The van der Waals surface area contributed by atoms with Gasteiger partial charge < -0.3 is 5.11 Å². The Kier molecular flexibility index (Phi) is 7.98. The summed E-state index contributed by atoms with van der Waals surface area (Å²) in [5.74, 6) is 3.13. The summed E-state index contributed by atoms with van der Waals surface area (Å²) in [5.41, 5.74) is 4.09. The number of hydrogen-bond donors (Lipinski definition) is 2. The normalized spacial score (nSPS) is 13.1. The molecule has 1 aliphatic rings. The van der Waals surface area contributed by atoms with Gasteiger partial charge in [0.05, 0.1) is 4.88 Å². The third-order valence-corrected chi connectivity index (χ3v) is 10.0. The van der Waals surface area contributed by atoms with Crippen molar-refractivity contribution < 1.29 is 27.1 Å². The van der Waals surface area contributed by atoms with Crippen LogP contribution in [-0.4, -0.2) is 29.0 Å². The van der Waals surface area contributed by atoms with Crippen molar-refractivity contribution in [2.75, 3.05) is 0 Å². The van der Waals surface area contributed by atoms with Gasteiger partial charge in [-0.25, -0.2) is 32.1 Å². The molecule has 7 nitrogen and oxygen atoms in total. The number of halogens is 2. The monoisotopic (exact) mass is 649 g/mol. The SMILES string of the molecule is Cc1ccc(C#Cc2cccc(-c3cn(-c4nc(C(=O)O)cs4)c(CC4CC4)c3Cc3cc(F)c(S(N)(=O)=O)c(F)c3)c2)s1. The number of carbonyl (C=O) groups is 1. The van der Waals surface area contributed by atoms with E-state index in [2.05, 4.69) is 16.8 Å². The number of aromatic nitrogens is 2. The number of rotatable bonds is 8. The number of benzene rings is 2. The van der Waals surface area contributed by atoms with Crippen molar-refractivity contribution in [2.45, 2.75) is 37.5 Å². The molecule has 0 unspecified atom stereocenters. The van der Waals surface area contributed by atoms with E-state index in [1.807, 2.05) is 54.1 Å². The first kappa shape index (κ1) is 29.9. The fourth-order valence-corrected chi connectivity index (χ4v) is 7.26. The molecule has 3 heterocycles. The van der Waals surface area contributed by atoms with Crippen LogP contribution in [0.5, 0.6) is 0 Å². The highest BCUT2D eigenvalue weighted by Gasteiger charge is 2.29. The Morgan fingerprint density at radius 3 is 2.50 bits per heavy atom. The van der Waals surface area contributed by atoms with Crippen LogP contribution in [-0.2, 0) is 22.9 Å². The van der Waals surface area contributed by atoms with Gasteiger partial charge in [-0.2, -0.15) is 0 Å². The molecule has 6 rings (SSSR count). The zero-order valence-electron chi connectivity index (χ0n) is 23.3. The fourth-order valence-electron chi connectivity index (χ4n) is 5.08. The van der Waals surface area contributed by atoms with Gasteiger partial charge in [-0.15, -0.1) is 22.7 Å². The lowest BCUT2D eigenvalue weighted by Gasteiger charge is -2.12. The Morgan fingerprint density at radius 1 is 1.14 bits per heavy atom. The van der Waals surface area contributed by atoms with Crippen LogP contribution in [0, 0.1) is 36.3 Å². The van der Waals surface area contributed by atoms with Crippen molar-refractivity contribution in [1.29, 1.82) is 0 Å². The van der Waals surface area contributed by atoms with Gasteiger partial charge in [-0.1, -0.05) is 24.0 Å². The summed E-state index contributed by atoms with van der Waals surface area (Å²) in [6.45, 7) is 2.02. The molecule has 0 aliphatic heterocycles. The minimum absolute atomic E-state index is 0.0741. The Bertz CT molecular complexity index is 2070. The standard InChI is InChI=1S/C32H25F2N3O4S3/c1-18-5-9-23(43-18)10-8-19-3-2-4-22(11-19)25-16-37(32-36-28(17-42-32)31(38)39)29(15-20-6-7-20)24(25)12-21-13-26(33)30(27(34)14-21)44(35,40)41/h2-5,9,11,13-14,16-17,20H,6-7,12,15H2,1H3,(H,38,39)(H2,35,40,41). The molecule has 1 aliphatic carbocycles. The van der Waals surface area contributed by atoms with E-state index < -0.39 is 32.5 Å². The molecule has 0 saturated heterocycles. The Balaban J connectivity index is 1.51. The van der Waals surface area contributed by atoms with E-state index in [1.165, 1.54) is 16.7 Å². The third-order valence-electron chi connectivity index (χ3n) is 7.29. The lowest BCUT2D eigenvalue weighted by Crippen LogP contribution is -2.16. The minimum atomic E-state index is -4.61. The van der Waals surface area contributed by atoms with Crippen molar-refractivity contribution in [1.82, 2.24) is 9.55 Å². The van der Waals surface area contributed by atoms with Gasteiger partial charge in [0.1, 0.15) is 11.6 Å². The van der Waals surface area contributed by atoms with E-state index in [0.717, 1.165) is 62.7 Å². The number of carboxylic acids is 1. The molecule has 0 amide bonds. The largest absolute Gasteiger partial charge is 0.476 e. The van der Waals surface area contributed by atoms with Crippen molar-refractivity contribution in [3.8, 4) is 28.1 Å². The molecule has 1 saturated carbocycles. The predicted octanol–water partition coefficient (Wildman–Crippen LogP) is 6.54. The predicted molar refractivity (Wildman–Crippen MR) is 166 cm³/mol. The highest BCUT2D eigenvalue weighted by atomic mass is 32.2. The quantitative estimate of drug-likeness (QED) is 0.185. The van der Waals surface area contributed by atoms with Gasteiger partial charge in [0, 0.05) is 39.7 Å². The lowest BCUT2D eigenvalue weighted by molar-refractivity contribution is 0.0691. The molecule has 1 fully saturated rings. The summed E-state index contributed by atoms with van der Waals surface area (Å²) in [6.07, 6.45) is 4.65. The van der Waals surface area contributed by atoms with Gasteiger partial charge in [0.15, 0.2) is 15.7 Å². The van der Waals surface area contributed by atoms with Crippen LogP contribution < -0.4 is 5.14 Å². The number of primary sulfonamides is 1. The average Bonchev–Trinajstić information content (AvgIpc) is 3.30. The van der Waals surface area contributed by atoms with Crippen molar-refractivity contribution >= 4 is 38.7 Å². The molecular weight excluding hydrogens is 625 g/mol. The maximum atomic E-state index is 14.9. The van der Waals surface area contributed by atoms with E-state index in [4.69, 9.17) is 5.14 Å². The molecule has 224 valence electrons. The summed E-state index contributed by atoms with van der Waals surface area (Å²) >= 11 is 2.79. The lowest BCUT2D eigenvalue weighted by atomic mass is 9.94. The van der Waals surface area contributed by atoms with Crippen LogP contribution in [0.15, 0.2) is 65.0 Å². The number of aryl methyl sites for hydroxylation is 1. The maximum Gasteiger partial charge on any atom is 0.355 e. The van der Waals surface area contributed by atoms with Crippen LogP contribution in [0.4, 0.5) is 8.78 Å². The first-order valence-electron chi connectivity index (χ1n) is 13.6. The molecule has 0 radical (unpaired) electrons. The van der Waals surface area contributed by atoms with E-state index >= 15 is 0 Å². The molecule has 2 aromatic carbocycles. The second-order valence-electron chi connectivity index (χ2n) is 10.7. The molecular formula is C32H25F2N3O4S3. The molecule has 3 N–H and O–H groups in total. The van der Waals surface area contributed by atoms with Gasteiger partial charge in [0.2, 0.25) is 10.0 Å². The van der Waals surface area contributed by atoms with Gasteiger partial charge in [-0.05, 0) is 85.2 Å². The summed E-state index contributed by atoms with van der Waals surface area (Å²) in [7, 11) is -4.61. The summed E-state index contributed by atoms with van der Waals surface area (Å²) in [4.78, 5) is 16.9. The van der Waals surface area contributed by atoms with Crippen molar-refractivity contribution in [3.63, 3.8) is 0 Å². The molecule has 0 atom stereocenters. The zero-order chi connectivity index (χ0) is 31.2. The first-order valence-corrected chi connectivity index (χ1v) is 16.8. The van der Waals surface area contributed by atoms with Crippen LogP contribution in [0.3, 0.4) is 0 Å². The Labute approximate surface area is 260 Å². The van der Waals surface area contributed by atoms with E-state index in [1.54, 1.807) is 11.3 Å². The minimum Gasteiger partial charge on any atom is -0.476 e. The number of aromatic carboxylic acids is 1. The average molecular weight is 650 g/mol. The van der Waals surface area contributed by atoms with E-state index in [-0.39, 0.29) is 17.7 Å². The Hall–Kier alpha value is -4.15. The highest BCUT2D eigenvalue weighted by Crippen LogP contribution is 2.40. The number of hydrogen-bond acceptors (Lipinski definition) is 6. The zero-order valence-corrected chi connectivity index (χ0v) is 25.8. The summed E-state index contributed by atoms with van der Waals surface area (Å²) in [5, 5.41) is 16.5. The molecule has 12 heteroatoms. The van der Waals surface area contributed by atoms with Crippen LogP contribution >= 0.6 is 22.7 Å². The van der Waals surface area contributed by atoms with Crippen LogP contribution in [0.1, 0.15) is 55.5 Å². The third kappa shape index (κ3) is 6.37. The molecule has 3 aromatic heterocycles. The van der Waals surface area contributed by atoms with Crippen molar-refractivity contribution in [2.24, 2.45) is 11.1 Å². The van der Waals surface area contributed by atoms with Gasteiger partial charge in [-0.3, -0.25) is 4.57 Å². The number of sulfonamides is 1. The topological polar surface area (TPSA) is 115 Å². The smallest absolute Gasteiger partial charge is 0.355 e. The van der Waals surface area contributed by atoms with E-state index in [9.17, 15) is 27.1 Å². The fraction of sp³-hybridized carbons (Fsp3) is 0.188. The van der Waals surface area contributed by atoms with Crippen LogP contribution in [0.25, 0.3) is 16.3 Å². The summed E-state index contributed by atoms with van der Waals surface area (Å²) < 4.78 is 55.2. The van der Waals surface area contributed by atoms with Crippen LogP contribution in [0.2, 0.25) is 0 Å². The van der Waals surface area contributed by atoms with Gasteiger partial charge >= 0.3 is 5.97 Å². The molecule has 0 spiro atoms. The molecule has 0 bridgehead atoms.